The lowest BCUT2D eigenvalue weighted by Gasteiger charge is -2.41. The number of hydrogen-bond acceptors (Lipinski definition) is 5. The van der Waals surface area contributed by atoms with Crippen LogP contribution in [0.5, 0.6) is 0 Å². The molecule has 1 fully saturated rings. The van der Waals surface area contributed by atoms with Gasteiger partial charge in [-0.15, -0.1) is 0 Å². The third-order valence-corrected chi connectivity index (χ3v) is 4.35. The summed E-state index contributed by atoms with van der Waals surface area (Å²) >= 11 is 0. The molecule has 5 heteroatoms. The molecule has 1 unspecified atom stereocenters. The van der Waals surface area contributed by atoms with Crippen molar-refractivity contribution in [2.24, 2.45) is 0 Å². The summed E-state index contributed by atoms with van der Waals surface area (Å²) < 4.78 is 17.1. The van der Waals surface area contributed by atoms with Gasteiger partial charge in [-0.25, -0.2) is 0 Å². The van der Waals surface area contributed by atoms with Crippen LogP contribution in [0.2, 0.25) is 0 Å². The smallest absolute Gasteiger partial charge is 0.184 e. The molecule has 5 atom stereocenters. The molecule has 1 aliphatic heterocycles. The highest BCUT2D eigenvalue weighted by molar-refractivity contribution is 5.14. The lowest BCUT2D eigenvalue weighted by Crippen LogP contribution is -2.58. The zero-order valence-corrected chi connectivity index (χ0v) is 14.2. The van der Waals surface area contributed by atoms with Crippen molar-refractivity contribution >= 4 is 0 Å². The van der Waals surface area contributed by atoms with Crippen molar-refractivity contribution in [2.75, 3.05) is 0 Å². The van der Waals surface area contributed by atoms with E-state index in [2.05, 4.69) is 0 Å². The first-order valence-corrected chi connectivity index (χ1v) is 8.48. The zero-order chi connectivity index (χ0) is 17.6. The van der Waals surface area contributed by atoms with Crippen molar-refractivity contribution in [3.63, 3.8) is 0 Å². The summed E-state index contributed by atoms with van der Waals surface area (Å²) in [4.78, 5) is 0. The van der Waals surface area contributed by atoms with Crippen LogP contribution in [0.3, 0.4) is 0 Å². The molecule has 0 saturated carbocycles. The number of rotatable bonds is 6. The summed E-state index contributed by atoms with van der Waals surface area (Å²) in [7, 11) is 0. The second kappa shape index (κ2) is 8.56. The summed E-state index contributed by atoms with van der Waals surface area (Å²) in [6.45, 7) is 2.34. The van der Waals surface area contributed by atoms with Crippen LogP contribution < -0.4 is 0 Å². The molecule has 5 nitrogen and oxygen atoms in total. The quantitative estimate of drug-likeness (QED) is 0.841. The number of ether oxygens (including phenoxy) is 3. The molecule has 2 aromatic carbocycles. The van der Waals surface area contributed by atoms with E-state index >= 15 is 0 Å². The van der Waals surface area contributed by atoms with Gasteiger partial charge in [0.15, 0.2) is 6.29 Å². The standard InChI is InChI=1S/C20H24O5/c1-14-17(21)18(23-12-15-8-4-2-5-9-15)19(20(22)25-14)24-13-16-10-6-3-7-11-16/h2-11,14,17-22H,12-13H2,1H3/t14-,17+,18+,19-,20?/m0/s1. The monoisotopic (exact) mass is 344 g/mol. The Labute approximate surface area is 147 Å². The number of aliphatic hydroxyl groups is 2. The molecule has 0 aliphatic carbocycles. The second-order valence-corrected chi connectivity index (χ2v) is 6.24. The van der Waals surface area contributed by atoms with Gasteiger partial charge >= 0.3 is 0 Å². The maximum Gasteiger partial charge on any atom is 0.184 e. The zero-order valence-electron chi connectivity index (χ0n) is 14.2. The van der Waals surface area contributed by atoms with Crippen LogP contribution in [0.25, 0.3) is 0 Å². The van der Waals surface area contributed by atoms with Gasteiger partial charge in [0.05, 0.1) is 19.3 Å². The van der Waals surface area contributed by atoms with E-state index in [1.807, 2.05) is 60.7 Å². The van der Waals surface area contributed by atoms with Gasteiger partial charge in [-0.1, -0.05) is 60.7 Å². The minimum Gasteiger partial charge on any atom is -0.388 e. The van der Waals surface area contributed by atoms with Gasteiger partial charge in [0.2, 0.25) is 0 Å². The molecule has 0 aromatic heterocycles. The predicted octanol–water partition coefficient (Wildman–Crippen LogP) is 2.26. The van der Waals surface area contributed by atoms with Crippen molar-refractivity contribution in [2.45, 2.75) is 50.8 Å². The van der Waals surface area contributed by atoms with Crippen LogP contribution in [0.4, 0.5) is 0 Å². The largest absolute Gasteiger partial charge is 0.388 e. The Morgan fingerprint density at radius 2 is 1.28 bits per heavy atom. The molecule has 0 radical (unpaired) electrons. The van der Waals surface area contributed by atoms with Crippen molar-refractivity contribution < 1.29 is 24.4 Å². The van der Waals surface area contributed by atoms with Crippen LogP contribution in [0.15, 0.2) is 60.7 Å². The summed E-state index contributed by atoms with van der Waals surface area (Å²) in [5, 5.41) is 20.7. The summed E-state index contributed by atoms with van der Waals surface area (Å²) in [5.74, 6) is 0. The number of benzene rings is 2. The van der Waals surface area contributed by atoms with E-state index in [0.717, 1.165) is 11.1 Å². The summed E-state index contributed by atoms with van der Waals surface area (Å²) in [5.41, 5.74) is 1.97. The van der Waals surface area contributed by atoms with E-state index in [1.165, 1.54) is 0 Å². The topological polar surface area (TPSA) is 68.2 Å². The molecule has 0 bridgehead atoms. The molecule has 1 saturated heterocycles. The Morgan fingerprint density at radius 3 is 1.80 bits per heavy atom. The van der Waals surface area contributed by atoms with E-state index in [1.54, 1.807) is 6.92 Å². The average molecular weight is 344 g/mol. The minimum atomic E-state index is -1.15. The highest BCUT2D eigenvalue weighted by Gasteiger charge is 2.44. The van der Waals surface area contributed by atoms with Gasteiger partial charge in [0.1, 0.15) is 18.3 Å². The molecule has 1 heterocycles. The molecule has 1 aliphatic rings. The fraction of sp³-hybridized carbons (Fsp3) is 0.400. The highest BCUT2D eigenvalue weighted by Crippen LogP contribution is 2.26. The van der Waals surface area contributed by atoms with Crippen LogP contribution in [0, 0.1) is 0 Å². The molecule has 2 aromatic rings. The fourth-order valence-corrected chi connectivity index (χ4v) is 2.91. The number of aliphatic hydroxyl groups excluding tert-OH is 2. The maximum atomic E-state index is 10.5. The van der Waals surface area contributed by atoms with E-state index in [0.29, 0.717) is 13.2 Å². The van der Waals surface area contributed by atoms with E-state index < -0.39 is 30.7 Å². The lowest BCUT2D eigenvalue weighted by molar-refractivity contribution is -0.300. The maximum absolute atomic E-state index is 10.5. The first-order chi connectivity index (χ1) is 12.1. The highest BCUT2D eigenvalue weighted by atomic mass is 16.7. The third-order valence-electron chi connectivity index (χ3n) is 4.35. The first kappa shape index (κ1) is 18.0. The Kier molecular flexibility index (Phi) is 6.18. The van der Waals surface area contributed by atoms with Gasteiger partial charge in [-0.2, -0.15) is 0 Å². The van der Waals surface area contributed by atoms with E-state index in [9.17, 15) is 10.2 Å². The lowest BCUT2D eigenvalue weighted by atomic mass is 9.99. The van der Waals surface area contributed by atoms with Crippen molar-refractivity contribution in [3.8, 4) is 0 Å². The molecule has 134 valence electrons. The van der Waals surface area contributed by atoms with Gasteiger partial charge in [-0.05, 0) is 18.1 Å². The Bertz CT molecular complexity index is 633. The van der Waals surface area contributed by atoms with Crippen molar-refractivity contribution in [3.05, 3.63) is 71.8 Å². The summed E-state index contributed by atoms with van der Waals surface area (Å²) in [6.07, 6.45) is -4.01. The summed E-state index contributed by atoms with van der Waals surface area (Å²) in [6, 6.07) is 19.4. The first-order valence-electron chi connectivity index (χ1n) is 8.48. The normalized spacial score (nSPS) is 29.5. The van der Waals surface area contributed by atoms with E-state index in [4.69, 9.17) is 14.2 Å². The minimum absolute atomic E-state index is 0.304. The van der Waals surface area contributed by atoms with Gasteiger partial charge in [0.25, 0.3) is 0 Å². The Hall–Kier alpha value is -1.76. The molecular formula is C20H24O5. The Morgan fingerprint density at radius 1 is 0.800 bits per heavy atom. The van der Waals surface area contributed by atoms with E-state index in [-0.39, 0.29) is 0 Å². The van der Waals surface area contributed by atoms with Crippen LogP contribution in [-0.2, 0) is 27.4 Å². The molecule has 25 heavy (non-hydrogen) atoms. The Balaban J connectivity index is 1.67. The SMILES string of the molecule is C[C@@H]1OC(O)[C@@H](OCc2ccccc2)[C@H](OCc2ccccc2)[C@@H]1O. The number of hydrogen-bond donors (Lipinski definition) is 2. The van der Waals surface area contributed by atoms with Gasteiger partial charge in [0, 0.05) is 0 Å². The average Bonchev–Trinajstić information content (AvgIpc) is 2.64. The van der Waals surface area contributed by atoms with Gasteiger partial charge < -0.3 is 24.4 Å². The fourth-order valence-electron chi connectivity index (χ4n) is 2.91. The van der Waals surface area contributed by atoms with Crippen molar-refractivity contribution in [1.29, 1.82) is 0 Å². The second-order valence-electron chi connectivity index (χ2n) is 6.24. The predicted molar refractivity (Wildman–Crippen MR) is 92.6 cm³/mol. The van der Waals surface area contributed by atoms with Crippen LogP contribution in [0.1, 0.15) is 18.1 Å². The molecule has 2 N–H and O–H groups in total. The molecule has 0 spiro atoms. The van der Waals surface area contributed by atoms with Crippen molar-refractivity contribution in [1.82, 2.24) is 0 Å². The molecule has 3 rings (SSSR count). The third kappa shape index (κ3) is 4.66. The van der Waals surface area contributed by atoms with Gasteiger partial charge in [-0.3, -0.25) is 0 Å². The molecule has 0 amide bonds. The van der Waals surface area contributed by atoms with Crippen LogP contribution >= 0.6 is 0 Å². The molecular weight excluding hydrogens is 320 g/mol. The van der Waals surface area contributed by atoms with Crippen LogP contribution in [-0.4, -0.2) is 40.9 Å².